The molecule has 116 valence electrons. The minimum Gasteiger partial charge on any atom is -0.493 e. The van der Waals surface area contributed by atoms with E-state index in [2.05, 4.69) is 4.98 Å². The van der Waals surface area contributed by atoms with Gasteiger partial charge in [0.05, 0.1) is 18.0 Å². The molecule has 1 aliphatic rings. The third-order valence-corrected chi connectivity index (χ3v) is 4.84. The third-order valence-electron chi connectivity index (χ3n) is 3.90. The fraction of sp³-hybridized carbons (Fsp3) is 0.412. The summed E-state index contributed by atoms with van der Waals surface area (Å²) < 4.78 is 5.61. The number of amides is 1. The summed E-state index contributed by atoms with van der Waals surface area (Å²) in [5, 5.41) is 3.15. The summed E-state index contributed by atoms with van der Waals surface area (Å²) in [6, 6.07) is 9.62. The van der Waals surface area contributed by atoms with Crippen LogP contribution in [-0.4, -0.2) is 35.5 Å². The first-order valence-electron chi connectivity index (χ1n) is 7.68. The summed E-state index contributed by atoms with van der Waals surface area (Å²) >= 11 is 1.68. The molecule has 1 saturated heterocycles. The molecule has 0 aliphatic carbocycles. The summed E-state index contributed by atoms with van der Waals surface area (Å²) in [6.45, 7) is 2.07. The number of piperidine rings is 1. The molecule has 2 heterocycles. The van der Waals surface area contributed by atoms with Gasteiger partial charge in [0.15, 0.2) is 0 Å². The number of likely N-dealkylation sites (tertiary alicyclic amines) is 1. The van der Waals surface area contributed by atoms with Gasteiger partial charge in [-0.1, -0.05) is 18.2 Å². The smallest absolute Gasteiger partial charge is 0.226 e. The quantitative estimate of drug-likeness (QED) is 0.850. The lowest BCUT2D eigenvalue weighted by atomic mass is 9.98. The summed E-state index contributed by atoms with van der Waals surface area (Å²) in [5.41, 5.74) is 0. The molecule has 1 amide bonds. The van der Waals surface area contributed by atoms with E-state index in [0.29, 0.717) is 18.9 Å². The molecule has 1 atom stereocenters. The van der Waals surface area contributed by atoms with E-state index in [1.54, 1.807) is 11.3 Å². The lowest BCUT2D eigenvalue weighted by molar-refractivity contribution is -0.132. The Kier molecular flexibility index (Phi) is 5.06. The van der Waals surface area contributed by atoms with Crippen molar-refractivity contribution < 1.29 is 9.53 Å². The number of carbonyl (C=O) groups is 1. The van der Waals surface area contributed by atoms with E-state index >= 15 is 0 Å². The highest BCUT2D eigenvalue weighted by Gasteiger charge is 2.25. The van der Waals surface area contributed by atoms with Crippen LogP contribution in [0.5, 0.6) is 5.75 Å². The first-order chi connectivity index (χ1) is 10.8. The molecule has 0 spiro atoms. The van der Waals surface area contributed by atoms with Gasteiger partial charge in [0.2, 0.25) is 5.91 Å². The van der Waals surface area contributed by atoms with Gasteiger partial charge in [0, 0.05) is 30.6 Å². The van der Waals surface area contributed by atoms with Crippen LogP contribution in [-0.2, 0) is 4.79 Å². The van der Waals surface area contributed by atoms with Crippen LogP contribution in [0.4, 0.5) is 0 Å². The molecule has 0 saturated carbocycles. The van der Waals surface area contributed by atoms with Gasteiger partial charge in [0.1, 0.15) is 5.75 Å². The van der Waals surface area contributed by atoms with E-state index in [-0.39, 0.29) is 5.91 Å². The molecule has 0 bridgehead atoms. The van der Waals surface area contributed by atoms with Crippen LogP contribution < -0.4 is 4.74 Å². The van der Waals surface area contributed by atoms with E-state index in [4.69, 9.17) is 4.74 Å². The van der Waals surface area contributed by atoms with Crippen molar-refractivity contribution in [3.63, 3.8) is 0 Å². The van der Waals surface area contributed by atoms with E-state index in [0.717, 1.165) is 36.7 Å². The maximum atomic E-state index is 12.3. The first-order valence-corrected chi connectivity index (χ1v) is 8.56. The largest absolute Gasteiger partial charge is 0.493 e. The summed E-state index contributed by atoms with van der Waals surface area (Å²) in [6.07, 6.45) is 4.45. The Morgan fingerprint density at radius 3 is 3.00 bits per heavy atom. The lowest BCUT2D eigenvalue weighted by Gasteiger charge is -2.31. The normalized spacial score (nSPS) is 18.2. The van der Waals surface area contributed by atoms with E-state index in [9.17, 15) is 4.79 Å². The first kappa shape index (κ1) is 15.0. The van der Waals surface area contributed by atoms with Gasteiger partial charge >= 0.3 is 0 Å². The van der Waals surface area contributed by atoms with Crippen molar-refractivity contribution in [2.45, 2.75) is 25.2 Å². The standard InChI is InChI=1S/C17H20N2O2S/c20-16(8-11-21-15-6-2-1-3-7-15)19-10-4-5-14(13-19)17-18-9-12-22-17/h1-3,6-7,9,12,14H,4-5,8,10-11,13H2/t14-/m0/s1. The third kappa shape index (κ3) is 3.85. The van der Waals surface area contributed by atoms with E-state index < -0.39 is 0 Å². The van der Waals surface area contributed by atoms with Crippen molar-refractivity contribution in [3.8, 4) is 5.75 Å². The number of carbonyl (C=O) groups excluding carboxylic acids is 1. The Labute approximate surface area is 134 Å². The van der Waals surface area contributed by atoms with Gasteiger partial charge in [-0.25, -0.2) is 4.98 Å². The monoisotopic (exact) mass is 316 g/mol. The number of hydrogen-bond donors (Lipinski definition) is 0. The van der Waals surface area contributed by atoms with Gasteiger partial charge in [-0.05, 0) is 25.0 Å². The lowest BCUT2D eigenvalue weighted by Crippen LogP contribution is -2.39. The average Bonchev–Trinajstić information content (AvgIpc) is 3.10. The van der Waals surface area contributed by atoms with Gasteiger partial charge < -0.3 is 9.64 Å². The molecule has 22 heavy (non-hydrogen) atoms. The number of ether oxygens (including phenoxy) is 1. The number of para-hydroxylation sites is 1. The number of rotatable bonds is 5. The molecule has 4 nitrogen and oxygen atoms in total. The highest BCUT2D eigenvalue weighted by molar-refractivity contribution is 7.09. The predicted molar refractivity (Wildman–Crippen MR) is 87.2 cm³/mol. The molecular weight excluding hydrogens is 296 g/mol. The molecule has 3 rings (SSSR count). The molecule has 5 heteroatoms. The maximum absolute atomic E-state index is 12.3. The van der Waals surface area contributed by atoms with Crippen molar-refractivity contribution in [2.24, 2.45) is 0 Å². The number of benzene rings is 1. The van der Waals surface area contributed by atoms with Crippen LogP contribution in [0.15, 0.2) is 41.9 Å². The SMILES string of the molecule is O=C(CCOc1ccccc1)N1CCC[C@H](c2nccs2)C1. The zero-order valence-corrected chi connectivity index (χ0v) is 13.3. The maximum Gasteiger partial charge on any atom is 0.226 e. The Hall–Kier alpha value is -1.88. The molecule has 1 fully saturated rings. The zero-order valence-electron chi connectivity index (χ0n) is 12.5. The second-order valence-electron chi connectivity index (χ2n) is 5.46. The highest BCUT2D eigenvalue weighted by Crippen LogP contribution is 2.28. The van der Waals surface area contributed by atoms with Crippen LogP contribution in [0.25, 0.3) is 0 Å². The van der Waals surface area contributed by atoms with Gasteiger partial charge in [-0.15, -0.1) is 11.3 Å². The minimum atomic E-state index is 0.178. The molecule has 1 aromatic heterocycles. The van der Waals surface area contributed by atoms with Crippen LogP contribution in [0, 0.1) is 0 Å². The summed E-state index contributed by atoms with van der Waals surface area (Å²) in [5.74, 6) is 1.39. The Morgan fingerprint density at radius 1 is 1.36 bits per heavy atom. The predicted octanol–water partition coefficient (Wildman–Crippen LogP) is 3.32. The Balaban J connectivity index is 1.47. The molecule has 1 aromatic carbocycles. The van der Waals surface area contributed by atoms with Gasteiger partial charge in [0.25, 0.3) is 0 Å². The number of aromatic nitrogens is 1. The Bertz CT molecular complexity index is 586. The van der Waals surface area contributed by atoms with Gasteiger partial charge in [-0.3, -0.25) is 4.79 Å². The van der Waals surface area contributed by atoms with Crippen molar-refractivity contribution >= 4 is 17.2 Å². The van der Waals surface area contributed by atoms with Crippen molar-refractivity contribution in [2.75, 3.05) is 19.7 Å². The minimum absolute atomic E-state index is 0.178. The molecule has 1 aliphatic heterocycles. The topological polar surface area (TPSA) is 42.4 Å². The fourth-order valence-corrected chi connectivity index (χ4v) is 3.54. The van der Waals surface area contributed by atoms with Crippen molar-refractivity contribution in [1.82, 2.24) is 9.88 Å². The Morgan fingerprint density at radius 2 is 2.23 bits per heavy atom. The zero-order chi connectivity index (χ0) is 15.2. The molecule has 0 N–H and O–H groups in total. The second-order valence-corrected chi connectivity index (χ2v) is 6.39. The molecular formula is C17H20N2O2S. The molecule has 0 unspecified atom stereocenters. The number of thiazole rings is 1. The summed E-state index contributed by atoms with van der Waals surface area (Å²) in [7, 11) is 0. The van der Waals surface area contributed by atoms with Crippen LogP contribution in [0.1, 0.15) is 30.2 Å². The summed E-state index contributed by atoms with van der Waals surface area (Å²) in [4.78, 5) is 18.7. The van der Waals surface area contributed by atoms with Gasteiger partial charge in [-0.2, -0.15) is 0 Å². The van der Waals surface area contributed by atoms with Crippen LogP contribution >= 0.6 is 11.3 Å². The van der Waals surface area contributed by atoms with E-state index in [1.165, 1.54) is 0 Å². The van der Waals surface area contributed by atoms with Crippen molar-refractivity contribution in [3.05, 3.63) is 46.9 Å². The number of nitrogens with zero attached hydrogens (tertiary/aromatic N) is 2. The molecule has 2 aromatic rings. The van der Waals surface area contributed by atoms with Crippen LogP contribution in [0.2, 0.25) is 0 Å². The highest BCUT2D eigenvalue weighted by atomic mass is 32.1. The van der Waals surface area contributed by atoms with Crippen LogP contribution in [0.3, 0.4) is 0 Å². The average molecular weight is 316 g/mol. The molecule has 0 radical (unpaired) electrons. The fourth-order valence-electron chi connectivity index (χ4n) is 2.77. The van der Waals surface area contributed by atoms with Crippen molar-refractivity contribution in [1.29, 1.82) is 0 Å². The van der Waals surface area contributed by atoms with E-state index in [1.807, 2.05) is 46.8 Å². The number of hydrogen-bond acceptors (Lipinski definition) is 4. The second kappa shape index (κ2) is 7.40.